The first kappa shape index (κ1) is 19.5. The van der Waals surface area contributed by atoms with Gasteiger partial charge in [0.15, 0.2) is 5.13 Å². The predicted molar refractivity (Wildman–Crippen MR) is 114 cm³/mol. The summed E-state index contributed by atoms with van der Waals surface area (Å²) in [6.45, 7) is 6.29. The van der Waals surface area contributed by atoms with Crippen LogP contribution in [0.1, 0.15) is 16.7 Å². The summed E-state index contributed by atoms with van der Waals surface area (Å²) in [6.07, 6.45) is 0. The molecule has 3 rings (SSSR count). The van der Waals surface area contributed by atoms with Gasteiger partial charge < -0.3 is 10.1 Å². The maximum absolute atomic E-state index is 12.2. The Morgan fingerprint density at radius 3 is 2.44 bits per heavy atom. The Hall–Kier alpha value is -2.31. The highest BCUT2D eigenvalue weighted by Gasteiger charge is 2.12. The van der Waals surface area contributed by atoms with Crippen molar-refractivity contribution in [2.24, 2.45) is 0 Å². The Morgan fingerprint density at radius 1 is 1.15 bits per heavy atom. The second kappa shape index (κ2) is 8.59. The fraction of sp³-hybridized carbons (Fsp3) is 0.238. The fourth-order valence-corrected chi connectivity index (χ4v) is 4.42. The number of ether oxygens (including phenoxy) is 1. The molecule has 0 fully saturated rings. The van der Waals surface area contributed by atoms with Crippen LogP contribution in [0.4, 0.5) is 5.13 Å². The molecule has 0 bridgehead atoms. The molecule has 0 saturated heterocycles. The lowest BCUT2D eigenvalue weighted by Crippen LogP contribution is -2.13. The third-order valence-corrected chi connectivity index (χ3v) is 5.88. The number of benzene rings is 2. The van der Waals surface area contributed by atoms with Crippen molar-refractivity contribution >= 4 is 34.1 Å². The highest BCUT2D eigenvalue weighted by molar-refractivity contribution is 8.00. The van der Waals surface area contributed by atoms with Gasteiger partial charge in [-0.15, -0.1) is 23.1 Å². The van der Waals surface area contributed by atoms with Crippen molar-refractivity contribution in [3.05, 3.63) is 58.5 Å². The SMILES string of the molecule is COc1ccc(SCC(=O)Nc2nc(-c3c(C)cc(C)cc3C)cs2)cc1. The van der Waals surface area contributed by atoms with E-state index in [0.717, 1.165) is 21.9 Å². The molecule has 4 nitrogen and oxygen atoms in total. The molecular formula is C21H22N2O2S2. The molecule has 0 unspecified atom stereocenters. The predicted octanol–water partition coefficient (Wildman–Crippen LogP) is 5.47. The Balaban J connectivity index is 1.62. The number of amides is 1. The van der Waals surface area contributed by atoms with Gasteiger partial charge in [-0.1, -0.05) is 17.7 Å². The van der Waals surface area contributed by atoms with Gasteiger partial charge in [0.05, 0.1) is 18.6 Å². The first-order valence-electron chi connectivity index (χ1n) is 8.56. The topological polar surface area (TPSA) is 51.2 Å². The maximum Gasteiger partial charge on any atom is 0.236 e. The number of hydrogen-bond donors (Lipinski definition) is 1. The lowest BCUT2D eigenvalue weighted by molar-refractivity contribution is -0.113. The molecule has 0 aliphatic rings. The van der Waals surface area contributed by atoms with Gasteiger partial charge in [0.2, 0.25) is 5.91 Å². The first-order valence-corrected chi connectivity index (χ1v) is 10.4. The van der Waals surface area contributed by atoms with Crippen LogP contribution < -0.4 is 10.1 Å². The maximum atomic E-state index is 12.2. The van der Waals surface area contributed by atoms with E-state index >= 15 is 0 Å². The van der Waals surface area contributed by atoms with Crippen molar-refractivity contribution in [1.82, 2.24) is 4.98 Å². The number of carbonyl (C=O) groups is 1. The molecular weight excluding hydrogens is 376 g/mol. The molecule has 6 heteroatoms. The average molecular weight is 399 g/mol. The second-order valence-corrected chi connectivity index (χ2v) is 8.23. The Labute approximate surface area is 168 Å². The van der Waals surface area contributed by atoms with Crippen molar-refractivity contribution in [2.45, 2.75) is 25.7 Å². The summed E-state index contributed by atoms with van der Waals surface area (Å²) >= 11 is 2.94. The van der Waals surface area contributed by atoms with E-state index in [2.05, 4.69) is 43.2 Å². The number of aryl methyl sites for hydroxylation is 3. The summed E-state index contributed by atoms with van der Waals surface area (Å²) in [7, 11) is 1.64. The third kappa shape index (κ3) is 4.90. The smallest absolute Gasteiger partial charge is 0.236 e. The molecule has 140 valence electrons. The molecule has 2 aromatic carbocycles. The van der Waals surface area contributed by atoms with Gasteiger partial charge in [0, 0.05) is 15.8 Å². The monoisotopic (exact) mass is 398 g/mol. The minimum atomic E-state index is -0.0610. The number of rotatable bonds is 6. The molecule has 0 atom stereocenters. The highest BCUT2D eigenvalue weighted by atomic mass is 32.2. The molecule has 3 aromatic rings. The molecule has 27 heavy (non-hydrogen) atoms. The first-order chi connectivity index (χ1) is 13.0. The number of hydrogen-bond acceptors (Lipinski definition) is 5. The second-order valence-electron chi connectivity index (χ2n) is 6.32. The molecule has 0 spiro atoms. The number of anilines is 1. The van der Waals surface area contributed by atoms with E-state index in [0.29, 0.717) is 10.9 Å². The molecule has 1 N–H and O–H groups in total. The Kier molecular flexibility index (Phi) is 6.19. The minimum absolute atomic E-state index is 0.0610. The van der Waals surface area contributed by atoms with E-state index < -0.39 is 0 Å². The van der Waals surface area contributed by atoms with Crippen LogP contribution in [0.15, 0.2) is 46.7 Å². The van der Waals surface area contributed by atoms with Crippen LogP contribution in [0.2, 0.25) is 0 Å². The van der Waals surface area contributed by atoms with E-state index in [1.165, 1.54) is 39.8 Å². The molecule has 0 aliphatic carbocycles. The number of aromatic nitrogens is 1. The zero-order chi connectivity index (χ0) is 19.4. The van der Waals surface area contributed by atoms with Gasteiger partial charge in [0.1, 0.15) is 5.75 Å². The number of nitrogens with one attached hydrogen (secondary N) is 1. The van der Waals surface area contributed by atoms with E-state index in [1.54, 1.807) is 7.11 Å². The number of nitrogens with zero attached hydrogens (tertiary/aromatic N) is 1. The number of methoxy groups -OCH3 is 1. The molecule has 1 aromatic heterocycles. The van der Waals surface area contributed by atoms with Gasteiger partial charge >= 0.3 is 0 Å². The highest BCUT2D eigenvalue weighted by Crippen LogP contribution is 2.31. The van der Waals surface area contributed by atoms with Crippen molar-refractivity contribution in [3.63, 3.8) is 0 Å². The van der Waals surface area contributed by atoms with Gasteiger partial charge in [-0.3, -0.25) is 4.79 Å². The van der Waals surface area contributed by atoms with Gasteiger partial charge in [-0.05, 0) is 56.2 Å². The Bertz CT molecular complexity index is 926. The van der Waals surface area contributed by atoms with E-state index in [1.807, 2.05) is 29.6 Å². The van der Waals surface area contributed by atoms with Gasteiger partial charge in [-0.25, -0.2) is 4.98 Å². The summed E-state index contributed by atoms with van der Waals surface area (Å²) in [6, 6.07) is 12.0. The van der Waals surface area contributed by atoms with Gasteiger partial charge in [-0.2, -0.15) is 0 Å². The van der Waals surface area contributed by atoms with Crippen LogP contribution in [-0.4, -0.2) is 23.8 Å². The van der Waals surface area contributed by atoms with Gasteiger partial charge in [0.25, 0.3) is 0 Å². The molecule has 1 amide bonds. The zero-order valence-corrected chi connectivity index (χ0v) is 17.5. The zero-order valence-electron chi connectivity index (χ0n) is 15.8. The summed E-state index contributed by atoms with van der Waals surface area (Å²) in [4.78, 5) is 17.9. The van der Waals surface area contributed by atoms with Crippen molar-refractivity contribution in [2.75, 3.05) is 18.2 Å². The number of thioether (sulfide) groups is 1. The number of carbonyl (C=O) groups excluding carboxylic acids is 1. The van der Waals surface area contributed by atoms with E-state index in [9.17, 15) is 4.79 Å². The quantitative estimate of drug-likeness (QED) is 0.559. The molecule has 1 heterocycles. The summed E-state index contributed by atoms with van der Waals surface area (Å²) in [5.41, 5.74) is 5.70. The van der Waals surface area contributed by atoms with Crippen LogP contribution in [0.25, 0.3) is 11.3 Å². The van der Waals surface area contributed by atoms with Crippen LogP contribution in [0.5, 0.6) is 5.75 Å². The van der Waals surface area contributed by atoms with E-state index in [4.69, 9.17) is 4.74 Å². The summed E-state index contributed by atoms with van der Waals surface area (Å²) < 4.78 is 5.14. The lowest BCUT2D eigenvalue weighted by atomic mass is 9.98. The summed E-state index contributed by atoms with van der Waals surface area (Å²) in [5, 5.41) is 5.52. The minimum Gasteiger partial charge on any atom is -0.497 e. The average Bonchev–Trinajstić information content (AvgIpc) is 3.07. The fourth-order valence-electron chi connectivity index (χ4n) is 3.01. The molecule has 0 radical (unpaired) electrons. The van der Waals surface area contributed by atoms with E-state index in [-0.39, 0.29) is 5.91 Å². The summed E-state index contributed by atoms with van der Waals surface area (Å²) in [5.74, 6) is 1.08. The normalized spacial score (nSPS) is 10.7. The molecule has 0 saturated carbocycles. The largest absolute Gasteiger partial charge is 0.497 e. The van der Waals surface area contributed by atoms with Crippen molar-refractivity contribution in [3.8, 4) is 17.0 Å². The standard InChI is InChI=1S/C21H22N2O2S2/c1-13-9-14(2)20(15(3)10-13)18-11-27-21(22-18)23-19(24)12-26-17-7-5-16(25-4)6-8-17/h5-11H,12H2,1-4H3,(H,22,23,24). The van der Waals surface area contributed by atoms with Crippen LogP contribution >= 0.6 is 23.1 Å². The molecule has 0 aliphatic heterocycles. The van der Waals surface area contributed by atoms with Crippen LogP contribution in [-0.2, 0) is 4.79 Å². The van der Waals surface area contributed by atoms with Crippen LogP contribution in [0, 0.1) is 20.8 Å². The lowest BCUT2D eigenvalue weighted by Gasteiger charge is -2.08. The Morgan fingerprint density at radius 2 is 1.81 bits per heavy atom. The number of thiazole rings is 1. The van der Waals surface area contributed by atoms with Crippen molar-refractivity contribution < 1.29 is 9.53 Å². The van der Waals surface area contributed by atoms with Crippen molar-refractivity contribution in [1.29, 1.82) is 0 Å². The third-order valence-electron chi connectivity index (χ3n) is 4.11. The van der Waals surface area contributed by atoms with Crippen LogP contribution in [0.3, 0.4) is 0 Å².